The molecule has 0 bridgehead atoms. The summed E-state index contributed by atoms with van der Waals surface area (Å²) < 4.78 is 10.3. The largest absolute Gasteiger partial charge is 0.461 e. The molecule has 0 aliphatic heterocycles. The van der Waals surface area contributed by atoms with Crippen LogP contribution in [0.15, 0.2) is 60.7 Å². The summed E-state index contributed by atoms with van der Waals surface area (Å²) in [4.78, 5) is 23.9. The summed E-state index contributed by atoms with van der Waals surface area (Å²) >= 11 is 0. The standard InChI is InChI=1S/C20H18O4/c1-13(2)19(21)23-11-12-24-20(22)18-16-9-5-3-7-14(16)15-8-4-6-10-17(15)18/h3-10,18H,1,11-12H2,2H3. The SMILES string of the molecule is C=C(C)C(=O)OCCOC(=O)C1c2ccccc2-c2ccccc21. The molecule has 0 unspecified atom stereocenters. The van der Waals surface area contributed by atoms with Gasteiger partial charge in [-0.3, -0.25) is 4.79 Å². The van der Waals surface area contributed by atoms with E-state index < -0.39 is 11.9 Å². The van der Waals surface area contributed by atoms with Crippen molar-refractivity contribution in [1.82, 2.24) is 0 Å². The number of fused-ring (bicyclic) bond motifs is 3. The van der Waals surface area contributed by atoms with E-state index >= 15 is 0 Å². The molecule has 0 saturated carbocycles. The quantitative estimate of drug-likeness (QED) is 0.480. The van der Waals surface area contributed by atoms with Gasteiger partial charge in [0.05, 0.1) is 0 Å². The maximum atomic E-state index is 12.6. The van der Waals surface area contributed by atoms with Crippen molar-refractivity contribution in [2.75, 3.05) is 13.2 Å². The van der Waals surface area contributed by atoms with Crippen LogP contribution in [0.4, 0.5) is 0 Å². The molecule has 0 aromatic heterocycles. The normalized spacial score (nSPS) is 12.2. The monoisotopic (exact) mass is 322 g/mol. The molecular formula is C20H18O4. The van der Waals surface area contributed by atoms with Crippen LogP contribution in [0.2, 0.25) is 0 Å². The lowest BCUT2D eigenvalue weighted by Gasteiger charge is -2.13. The Labute approximate surface area is 140 Å². The van der Waals surface area contributed by atoms with Gasteiger partial charge in [-0.15, -0.1) is 0 Å². The summed E-state index contributed by atoms with van der Waals surface area (Å²) in [6.45, 7) is 5.12. The third-order valence-electron chi connectivity index (χ3n) is 3.98. The van der Waals surface area contributed by atoms with E-state index in [1.54, 1.807) is 6.92 Å². The van der Waals surface area contributed by atoms with Gasteiger partial charge in [0.25, 0.3) is 0 Å². The summed E-state index contributed by atoms with van der Waals surface area (Å²) in [5.41, 5.74) is 4.33. The molecule has 4 nitrogen and oxygen atoms in total. The fourth-order valence-electron chi connectivity index (χ4n) is 2.89. The number of benzene rings is 2. The minimum atomic E-state index is -0.484. The summed E-state index contributed by atoms with van der Waals surface area (Å²) in [5.74, 6) is -1.25. The first kappa shape index (κ1) is 16.0. The highest BCUT2D eigenvalue weighted by Gasteiger charge is 2.34. The molecule has 4 heteroatoms. The van der Waals surface area contributed by atoms with Gasteiger partial charge in [0, 0.05) is 5.57 Å². The Morgan fingerprint density at radius 3 is 1.96 bits per heavy atom. The molecule has 0 atom stereocenters. The van der Waals surface area contributed by atoms with Crippen molar-refractivity contribution < 1.29 is 19.1 Å². The van der Waals surface area contributed by atoms with Gasteiger partial charge in [-0.2, -0.15) is 0 Å². The molecule has 24 heavy (non-hydrogen) atoms. The molecule has 3 rings (SSSR count). The highest BCUT2D eigenvalue weighted by atomic mass is 16.6. The Hall–Kier alpha value is -2.88. The van der Waals surface area contributed by atoms with E-state index in [0.717, 1.165) is 22.3 Å². The second-order valence-electron chi connectivity index (χ2n) is 5.69. The molecule has 0 fully saturated rings. The highest BCUT2D eigenvalue weighted by molar-refractivity contribution is 5.93. The fourth-order valence-corrected chi connectivity index (χ4v) is 2.89. The Bertz CT molecular complexity index is 761. The number of hydrogen-bond acceptors (Lipinski definition) is 4. The van der Waals surface area contributed by atoms with Crippen LogP contribution in [-0.4, -0.2) is 25.2 Å². The molecule has 0 radical (unpaired) electrons. The molecule has 1 aliphatic rings. The predicted octanol–water partition coefficient (Wildman–Crippen LogP) is 3.46. The zero-order chi connectivity index (χ0) is 17.1. The van der Waals surface area contributed by atoms with E-state index in [0.29, 0.717) is 5.57 Å². The Morgan fingerprint density at radius 2 is 1.42 bits per heavy atom. The Morgan fingerprint density at radius 1 is 0.917 bits per heavy atom. The average Bonchev–Trinajstić information content (AvgIpc) is 2.93. The minimum absolute atomic E-state index is 0.0213. The van der Waals surface area contributed by atoms with Crippen LogP contribution in [0.1, 0.15) is 24.0 Å². The molecule has 0 N–H and O–H groups in total. The molecular weight excluding hydrogens is 304 g/mol. The maximum absolute atomic E-state index is 12.6. The summed E-state index contributed by atoms with van der Waals surface area (Å²) in [7, 11) is 0. The Balaban J connectivity index is 1.71. The molecule has 2 aromatic rings. The molecule has 0 spiro atoms. The van der Waals surface area contributed by atoms with E-state index in [1.807, 2.05) is 48.5 Å². The van der Waals surface area contributed by atoms with E-state index in [9.17, 15) is 9.59 Å². The van der Waals surface area contributed by atoms with Crippen LogP contribution in [0.3, 0.4) is 0 Å². The van der Waals surface area contributed by atoms with Crippen molar-refractivity contribution in [2.24, 2.45) is 0 Å². The second-order valence-corrected chi connectivity index (χ2v) is 5.69. The van der Waals surface area contributed by atoms with Gasteiger partial charge in [-0.05, 0) is 29.2 Å². The third-order valence-corrected chi connectivity index (χ3v) is 3.98. The third kappa shape index (κ3) is 2.95. The summed E-state index contributed by atoms with van der Waals surface area (Å²) in [6.07, 6.45) is 0. The van der Waals surface area contributed by atoms with Crippen molar-refractivity contribution in [3.63, 3.8) is 0 Å². The first-order valence-electron chi connectivity index (χ1n) is 7.77. The smallest absolute Gasteiger partial charge is 0.333 e. The second kappa shape index (κ2) is 6.71. The van der Waals surface area contributed by atoms with Crippen LogP contribution >= 0.6 is 0 Å². The predicted molar refractivity (Wildman–Crippen MR) is 90.5 cm³/mol. The van der Waals surface area contributed by atoms with E-state index in [-0.39, 0.29) is 19.2 Å². The molecule has 122 valence electrons. The lowest BCUT2D eigenvalue weighted by atomic mass is 9.97. The zero-order valence-corrected chi connectivity index (χ0v) is 13.5. The number of rotatable bonds is 5. The van der Waals surface area contributed by atoms with Crippen molar-refractivity contribution in [3.8, 4) is 11.1 Å². The van der Waals surface area contributed by atoms with Gasteiger partial charge in [-0.25, -0.2) is 4.79 Å². The molecule has 0 amide bonds. The van der Waals surface area contributed by atoms with Gasteiger partial charge in [0.15, 0.2) is 0 Å². The minimum Gasteiger partial charge on any atom is -0.461 e. The van der Waals surface area contributed by atoms with E-state index in [2.05, 4.69) is 6.58 Å². The van der Waals surface area contributed by atoms with Gasteiger partial charge in [0.2, 0.25) is 0 Å². The van der Waals surface area contributed by atoms with E-state index in [4.69, 9.17) is 9.47 Å². The number of carbonyl (C=O) groups excluding carboxylic acids is 2. The van der Waals surface area contributed by atoms with Gasteiger partial charge >= 0.3 is 11.9 Å². The lowest BCUT2D eigenvalue weighted by molar-refractivity contribution is -0.150. The van der Waals surface area contributed by atoms with Crippen molar-refractivity contribution in [1.29, 1.82) is 0 Å². The summed E-state index contributed by atoms with van der Waals surface area (Å²) in [6, 6.07) is 15.7. The van der Waals surface area contributed by atoms with Crippen LogP contribution in [-0.2, 0) is 19.1 Å². The number of esters is 2. The highest BCUT2D eigenvalue weighted by Crippen LogP contribution is 2.44. The van der Waals surface area contributed by atoms with Gasteiger partial charge < -0.3 is 9.47 Å². The van der Waals surface area contributed by atoms with Crippen LogP contribution in [0, 0.1) is 0 Å². The van der Waals surface area contributed by atoms with Crippen LogP contribution < -0.4 is 0 Å². The van der Waals surface area contributed by atoms with Gasteiger partial charge in [-0.1, -0.05) is 55.1 Å². The van der Waals surface area contributed by atoms with Crippen LogP contribution in [0.5, 0.6) is 0 Å². The topological polar surface area (TPSA) is 52.6 Å². The number of carbonyl (C=O) groups is 2. The molecule has 0 saturated heterocycles. The van der Waals surface area contributed by atoms with Crippen molar-refractivity contribution in [2.45, 2.75) is 12.8 Å². The first-order valence-corrected chi connectivity index (χ1v) is 7.77. The Kier molecular flexibility index (Phi) is 4.47. The van der Waals surface area contributed by atoms with Crippen LogP contribution in [0.25, 0.3) is 11.1 Å². The van der Waals surface area contributed by atoms with Crippen molar-refractivity contribution >= 4 is 11.9 Å². The first-order chi connectivity index (χ1) is 11.6. The molecule has 1 aliphatic carbocycles. The zero-order valence-electron chi connectivity index (χ0n) is 13.5. The molecule has 2 aromatic carbocycles. The number of ether oxygens (including phenoxy) is 2. The summed E-state index contributed by atoms with van der Waals surface area (Å²) in [5, 5.41) is 0. The average molecular weight is 322 g/mol. The molecule has 0 heterocycles. The van der Waals surface area contributed by atoms with Gasteiger partial charge in [0.1, 0.15) is 19.1 Å². The number of hydrogen-bond donors (Lipinski definition) is 0. The fraction of sp³-hybridized carbons (Fsp3) is 0.200. The lowest BCUT2D eigenvalue weighted by Crippen LogP contribution is -2.19. The van der Waals surface area contributed by atoms with E-state index in [1.165, 1.54) is 0 Å². The maximum Gasteiger partial charge on any atom is 0.333 e. The van der Waals surface area contributed by atoms with Crippen molar-refractivity contribution in [3.05, 3.63) is 71.8 Å².